The second-order valence-corrected chi connectivity index (χ2v) is 6.90. The summed E-state index contributed by atoms with van der Waals surface area (Å²) in [6.07, 6.45) is -0.256. The lowest BCUT2D eigenvalue weighted by molar-refractivity contribution is 0.0218. The molecule has 1 unspecified atom stereocenters. The summed E-state index contributed by atoms with van der Waals surface area (Å²) in [6, 6.07) is 5.81. The Balaban J connectivity index is 2.09. The summed E-state index contributed by atoms with van der Waals surface area (Å²) < 4.78 is 10.9. The van der Waals surface area contributed by atoms with Crippen molar-refractivity contribution in [1.82, 2.24) is 4.90 Å². The van der Waals surface area contributed by atoms with Gasteiger partial charge in [-0.2, -0.15) is 0 Å². The van der Waals surface area contributed by atoms with E-state index >= 15 is 0 Å². The Morgan fingerprint density at radius 2 is 2.00 bits per heavy atom. The van der Waals surface area contributed by atoms with Crippen molar-refractivity contribution in [3.63, 3.8) is 0 Å². The van der Waals surface area contributed by atoms with E-state index in [1.165, 1.54) is 0 Å². The Hall–Kier alpha value is -2.11. The number of ether oxygens (including phenoxy) is 2. The van der Waals surface area contributed by atoms with E-state index in [4.69, 9.17) is 15.2 Å². The van der Waals surface area contributed by atoms with Crippen LogP contribution in [-0.2, 0) is 4.74 Å². The van der Waals surface area contributed by atoms with Crippen molar-refractivity contribution in [2.45, 2.75) is 39.3 Å². The Labute approximate surface area is 138 Å². The molecule has 2 N–H and O–H groups in total. The molecule has 0 saturated carbocycles. The molecule has 1 heterocycles. The second kappa shape index (κ2) is 6.56. The molecule has 1 fully saturated rings. The lowest BCUT2D eigenvalue weighted by atomic mass is 10.1. The predicted molar refractivity (Wildman–Crippen MR) is 92.0 cm³/mol. The summed E-state index contributed by atoms with van der Waals surface area (Å²) in [5, 5.41) is 0. The monoisotopic (exact) mass is 321 g/mol. The number of nitrogens with two attached hydrogens (primary N) is 1. The number of anilines is 2. The van der Waals surface area contributed by atoms with Crippen LogP contribution < -0.4 is 15.4 Å². The number of carbonyl (C=O) groups excluding carboxylic acids is 1. The van der Waals surface area contributed by atoms with Gasteiger partial charge in [0.1, 0.15) is 11.4 Å². The fraction of sp³-hybridized carbons (Fsp3) is 0.588. The van der Waals surface area contributed by atoms with Gasteiger partial charge < -0.3 is 25.0 Å². The summed E-state index contributed by atoms with van der Waals surface area (Å²) in [6.45, 7) is 9.68. The van der Waals surface area contributed by atoms with Crippen molar-refractivity contribution >= 4 is 17.5 Å². The Morgan fingerprint density at radius 3 is 2.57 bits per heavy atom. The van der Waals surface area contributed by atoms with Crippen molar-refractivity contribution in [2.75, 3.05) is 37.4 Å². The molecule has 1 aromatic carbocycles. The molecule has 6 nitrogen and oxygen atoms in total. The van der Waals surface area contributed by atoms with E-state index in [9.17, 15) is 4.79 Å². The van der Waals surface area contributed by atoms with E-state index in [1.54, 1.807) is 12.0 Å². The minimum absolute atomic E-state index is 0.161. The van der Waals surface area contributed by atoms with Crippen molar-refractivity contribution in [3.8, 4) is 5.75 Å². The molecular formula is C17H27N3O3. The topological polar surface area (TPSA) is 68.0 Å². The molecule has 0 bridgehead atoms. The van der Waals surface area contributed by atoms with E-state index in [0.717, 1.165) is 18.0 Å². The van der Waals surface area contributed by atoms with Gasteiger partial charge in [-0.3, -0.25) is 0 Å². The van der Waals surface area contributed by atoms with Crippen molar-refractivity contribution < 1.29 is 14.3 Å². The van der Waals surface area contributed by atoms with Gasteiger partial charge in [-0.25, -0.2) is 4.79 Å². The quantitative estimate of drug-likeness (QED) is 0.848. The third-order valence-electron chi connectivity index (χ3n) is 3.79. The molecule has 0 radical (unpaired) electrons. The first-order valence-electron chi connectivity index (χ1n) is 7.89. The number of amides is 1. The average Bonchev–Trinajstić information content (AvgIpc) is 2.45. The molecule has 1 atom stereocenters. The lowest BCUT2D eigenvalue weighted by Crippen LogP contribution is -2.54. The van der Waals surface area contributed by atoms with E-state index in [0.29, 0.717) is 18.8 Å². The number of piperazine rings is 1. The molecular weight excluding hydrogens is 294 g/mol. The fourth-order valence-electron chi connectivity index (χ4n) is 2.74. The molecule has 128 valence electrons. The zero-order valence-corrected chi connectivity index (χ0v) is 14.6. The summed E-state index contributed by atoms with van der Waals surface area (Å²) in [5.41, 5.74) is 7.02. The van der Waals surface area contributed by atoms with Gasteiger partial charge in [0.25, 0.3) is 0 Å². The van der Waals surface area contributed by atoms with Gasteiger partial charge in [-0.1, -0.05) is 0 Å². The highest BCUT2D eigenvalue weighted by atomic mass is 16.6. The summed E-state index contributed by atoms with van der Waals surface area (Å²) in [7, 11) is 1.64. The summed E-state index contributed by atoms with van der Waals surface area (Å²) >= 11 is 0. The Kier molecular flexibility index (Phi) is 4.92. The number of methoxy groups -OCH3 is 1. The third-order valence-corrected chi connectivity index (χ3v) is 3.79. The van der Waals surface area contributed by atoms with Gasteiger partial charge in [0, 0.05) is 37.4 Å². The molecule has 2 rings (SSSR count). The van der Waals surface area contributed by atoms with Crippen LogP contribution >= 0.6 is 0 Å². The van der Waals surface area contributed by atoms with E-state index in [2.05, 4.69) is 11.8 Å². The second-order valence-electron chi connectivity index (χ2n) is 6.90. The fourth-order valence-corrected chi connectivity index (χ4v) is 2.74. The number of hydrogen-bond acceptors (Lipinski definition) is 5. The number of hydrogen-bond donors (Lipinski definition) is 1. The van der Waals surface area contributed by atoms with Gasteiger partial charge in [0.2, 0.25) is 0 Å². The minimum Gasteiger partial charge on any atom is -0.495 e. The molecule has 0 spiro atoms. The van der Waals surface area contributed by atoms with Crippen molar-refractivity contribution in [1.29, 1.82) is 0 Å². The van der Waals surface area contributed by atoms with Crippen LogP contribution in [0.5, 0.6) is 5.75 Å². The van der Waals surface area contributed by atoms with Crippen LogP contribution in [0.2, 0.25) is 0 Å². The molecule has 23 heavy (non-hydrogen) atoms. The zero-order chi connectivity index (χ0) is 17.2. The smallest absolute Gasteiger partial charge is 0.410 e. The molecule has 1 saturated heterocycles. The normalized spacial score (nSPS) is 18.7. The number of nitrogen functional groups attached to an aromatic ring is 1. The molecule has 1 aromatic rings. The first-order valence-corrected chi connectivity index (χ1v) is 7.89. The highest BCUT2D eigenvalue weighted by Gasteiger charge is 2.30. The molecule has 1 amide bonds. The van der Waals surface area contributed by atoms with Crippen LogP contribution in [-0.4, -0.2) is 49.4 Å². The van der Waals surface area contributed by atoms with Gasteiger partial charge in [0.15, 0.2) is 0 Å². The average molecular weight is 321 g/mol. The predicted octanol–water partition coefficient (Wildman–Crippen LogP) is 2.72. The number of rotatable bonds is 2. The molecule has 0 aliphatic carbocycles. The zero-order valence-electron chi connectivity index (χ0n) is 14.6. The van der Waals surface area contributed by atoms with Crippen LogP contribution in [0, 0.1) is 0 Å². The maximum Gasteiger partial charge on any atom is 0.410 e. The number of nitrogens with zero attached hydrogens (tertiary/aromatic N) is 2. The lowest BCUT2D eigenvalue weighted by Gasteiger charge is -2.41. The van der Waals surface area contributed by atoms with Gasteiger partial charge in [-0.05, 0) is 39.8 Å². The van der Waals surface area contributed by atoms with Crippen molar-refractivity contribution in [3.05, 3.63) is 18.2 Å². The maximum absolute atomic E-state index is 12.2. The van der Waals surface area contributed by atoms with Crippen LogP contribution in [0.15, 0.2) is 18.2 Å². The number of carbonyl (C=O) groups is 1. The molecule has 0 aromatic heterocycles. The van der Waals surface area contributed by atoms with Crippen LogP contribution in [0.1, 0.15) is 27.7 Å². The molecule has 1 aliphatic heterocycles. The van der Waals surface area contributed by atoms with E-state index in [1.807, 2.05) is 39.0 Å². The molecule has 1 aliphatic rings. The van der Waals surface area contributed by atoms with Crippen LogP contribution in [0.3, 0.4) is 0 Å². The first-order chi connectivity index (χ1) is 10.7. The van der Waals surface area contributed by atoms with Gasteiger partial charge in [0.05, 0.1) is 12.8 Å². The highest BCUT2D eigenvalue weighted by Crippen LogP contribution is 2.32. The maximum atomic E-state index is 12.2. The SMILES string of the molecule is COc1cc(N)ccc1N1CCN(C(=O)OC(C)(C)C)CC1C. The minimum atomic E-state index is -0.475. The van der Waals surface area contributed by atoms with Gasteiger partial charge >= 0.3 is 6.09 Å². The van der Waals surface area contributed by atoms with Crippen molar-refractivity contribution in [2.24, 2.45) is 0 Å². The van der Waals surface area contributed by atoms with Crippen LogP contribution in [0.4, 0.5) is 16.2 Å². The van der Waals surface area contributed by atoms with E-state index in [-0.39, 0.29) is 12.1 Å². The Morgan fingerprint density at radius 1 is 1.30 bits per heavy atom. The molecule has 6 heteroatoms. The number of benzene rings is 1. The van der Waals surface area contributed by atoms with Gasteiger partial charge in [-0.15, -0.1) is 0 Å². The third kappa shape index (κ3) is 4.21. The highest BCUT2D eigenvalue weighted by molar-refractivity contribution is 5.70. The summed E-state index contributed by atoms with van der Waals surface area (Å²) in [5.74, 6) is 0.752. The largest absolute Gasteiger partial charge is 0.495 e. The standard InChI is InChI=1S/C17H27N3O3/c1-12-11-19(16(21)23-17(2,3)4)8-9-20(12)14-7-6-13(18)10-15(14)22-5/h6-7,10,12H,8-9,11,18H2,1-5H3. The summed E-state index contributed by atoms with van der Waals surface area (Å²) in [4.78, 5) is 16.2. The van der Waals surface area contributed by atoms with Crippen LogP contribution in [0.25, 0.3) is 0 Å². The van der Waals surface area contributed by atoms with E-state index < -0.39 is 5.60 Å². The first kappa shape index (κ1) is 17.2. The Bertz CT molecular complexity index is 569.